The summed E-state index contributed by atoms with van der Waals surface area (Å²) in [5.41, 5.74) is 5.73. The first-order chi connectivity index (χ1) is 11.3. The van der Waals surface area contributed by atoms with Gasteiger partial charge in [0.05, 0.1) is 16.8 Å². The van der Waals surface area contributed by atoms with Crippen molar-refractivity contribution >= 4 is 33.1 Å². The number of nitrogen functional groups attached to an aromatic ring is 1. The van der Waals surface area contributed by atoms with E-state index in [0.717, 1.165) is 6.07 Å². The molecule has 3 rings (SSSR count). The van der Waals surface area contributed by atoms with E-state index >= 15 is 0 Å². The monoisotopic (exact) mass is 346 g/mol. The second-order valence-corrected chi connectivity index (χ2v) is 6.69. The van der Waals surface area contributed by atoms with E-state index in [1.807, 2.05) is 0 Å². The number of anilines is 2. The van der Waals surface area contributed by atoms with Crippen LogP contribution in [0, 0.1) is 0 Å². The summed E-state index contributed by atoms with van der Waals surface area (Å²) in [7, 11) is -4.65. The standard InChI is InChI=1S/C16H14N2O5S/c1-2-18-10-7-11(24(21,22)23)14(17)13-12(10)15(19)8-5-3-4-6-9(8)16(13)20/h3-7,18H,2,17H2,1H3,(H,21,22,23). The molecule has 0 amide bonds. The highest BCUT2D eigenvalue weighted by Gasteiger charge is 2.36. The van der Waals surface area contributed by atoms with Gasteiger partial charge >= 0.3 is 0 Å². The van der Waals surface area contributed by atoms with Crippen LogP contribution in [0.5, 0.6) is 0 Å². The smallest absolute Gasteiger partial charge is 0.296 e. The lowest BCUT2D eigenvalue weighted by Crippen LogP contribution is -2.25. The fourth-order valence-corrected chi connectivity index (χ4v) is 3.48. The van der Waals surface area contributed by atoms with Crippen molar-refractivity contribution in [1.29, 1.82) is 0 Å². The third-order valence-electron chi connectivity index (χ3n) is 3.85. The van der Waals surface area contributed by atoms with E-state index in [2.05, 4.69) is 5.32 Å². The third-order valence-corrected chi connectivity index (χ3v) is 4.74. The summed E-state index contributed by atoms with van der Waals surface area (Å²) in [5.74, 6) is -0.980. The molecule has 0 bridgehead atoms. The molecule has 0 aromatic heterocycles. The van der Waals surface area contributed by atoms with Crippen LogP contribution in [-0.2, 0) is 10.1 Å². The van der Waals surface area contributed by atoms with Gasteiger partial charge in [-0.1, -0.05) is 24.3 Å². The Morgan fingerprint density at radius 1 is 1.08 bits per heavy atom. The van der Waals surface area contributed by atoms with E-state index in [9.17, 15) is 22.6 Å². The van der Waals surface area contributed by atoms with Crippen LogP contribution in [0.2, 0.25) is 0 Å². The van der Waals surface area contributed by atoms with Gasteiger partial charge in [-0.3, -0.25) is 14.1 Å². The van der Waals surface area contributed by atoms with Gasteiger partial charge < -0.3 is 11.1 Å². The van der Waals surface area contributed by atoms with E-state index in [0.29, 0.717) is 6.54 Å². The van der Waals surface area contributed by atoms with Crippen LogP contribution in [0.3, 0.4) is 0 Å². The number of carbonyl (C=O) groups excluding carboxylic acids is 2. The van der Waals surface area contributed by atoms with Gasteiger partial charge in [0, 0.05) is 23.4 Å². The first-order valence-corrected chi connectivity index (χ1v) is 8.57. The second-order valence-electron chi connectivity index (χ2n) is 5.30. The van der Waals surface area contributed by atoms with Crippen molar-refractivity contribution in [3.63, 3.8) is 0 Å². The van der Waals surface area contributed by atoms with Crippen molar-refractivity contribution < 1.29 is 22.6 Å². The van der Waals surface area contributed by atoms with E-state index < -0.39 is 32.3 Å². The molecule has 0 fully saturated rings. The highest BCUT2D eigenvalue weighted by molar-refractivity contribution is 7.86. The van der Waals surface area contributed by atoms with E-state index in [-0.39, 0.29) is 27.9 Å². The van der Waals surface area contributed by atoms with Crippen LogP contribution in [-0.4, -0.2) is 31.1 Å². The molecule has 0 spiro atoms. The number of nitrogens with two attached hydrogens (primary N) is 1. The summed E-state index contributed by atoms with van der Waals surface area (Å²) < 4.78 is 32.5. The Bertz CT molecular complexity index is 996. The quantitative estimate of drug-likeness (QED) is 0.487. The molecule has 0 atom stereocenters. The molecule has 2 aromatic rings. The van der Waals surface area contributed by atoms with Crippen LogP contribution in [0.25, 0.3) is 0 Å². The summed E-state index contributed by atoms with van der Waals surface area (Å²) in [6, 6.07) is 7.32. The number of hydrogen-bond acceptors (Lipinski definition) is 6. The normalized spacial score (nSPS) is 13.4. The minimum absolute atomic E-state index is 0.0189. The molecule has 0 aliphatic heterocycles. The average Bonchev–Trinajstić information content (AvgIpc) is 2.53. The van der Waals surface area contributed by atoms with Gasteiger partial charge in [0.15, 0.2) is 11.6 Å². The van der Waals surface area contributed by atoms with Crippen LogP contribution in [0.15, 0.2) is 35.2 Å². The Labute approximate surface area is 138 Å². The third kappa shape index (κ3) is 2.27. The topological polar surface area (TPSA) is 127 Å². The molecule has 2 aromatic carbocycles. The molecule has 8 heteroatoms. The fraction of sp³-hybridized carbons (Fsp3) is 0.125. The van der Waals surface area contributed by atoms with Gasteiger partial charge in [0.2, 0.25) is 0 Å². The summed E-state index contributed by atoms with van der Waals surface area (Å²) >= 11 is 0. The van der Waals surface area contributed by atoms with Gasteiger partial charge in [-0.2, -0.15) is 8.42 Å². The van der Waals surface area contributed by atoms with Crippen molar-refractivity contribution in [2.45, 2.75) is 11.8 Å². The van der Waals surface area contributed by atoms with Crippen molar-refractivity contribution in [2.24, 2.45) is 0 Å². The lowest BCUT2D eigenvalue weighted by molar-refractivity contribution is 0.0980. The largest absolute Gasteiger partial charge is 0.397 e. The summed E-state index contributed by atoms with van der Waals surface area (Å²) in [5, 5.41) is 2.85. The number of ketones is 2. The highest BCUT2D eigenvalue weighted by Crippen LogP contribution is 2.38. The van der Waals surface area contributed by atoms with Crippen LogP contribution >= 0.6 is 0 Å². The average molecular weight is 346 g/mol. The molecule has 1 aliphatic rings. The Kier molecular flexibility index (Phi) is 3.66. The van der Waals surface area contributed by atoms with Crippen LogP contribution < -0.4 is 11.1 Å². The van der Waals surface area contributed by atoms with Crippen molar-refractivity contribution in [2.75, 3.05) is 17.6 Å². The minimum Gasteiger partial charge on any atom is -0.397 e. The highest BCUT2D eigenvalue weighted by atomic mass is 32.2. The van der Waals surface area contributed by atoms with E-state index in [1.165, 1.54) is 12.1 Å². The minimum atomic E-state index is -4.65. The Morgan fingerprint density at radius 3 is 2.12 bits per heavy atom. The number of rotatable bonds is 3. The first kappa shape index (κ1) is 16.2. The molecule has 24 heavy (non-hydrogen) atoms. The summed E-state index contributed by atoms with van der Waals surface area (Å²) in [6.07, 6.45) is 0. The summed E-state index contributed by atoms with van der Waals surface area (Å²) in [4.78, 5) is 25.0. The van der Waals surface area contributed by atoms with Gasteiger partial charge in [-0.25, -0.2) is 0 Å². The second kappa shape index (κ2) is 5.43. The first-order valence-electron chi connectivity index (χ1n) is 7.13. The fourth-order valence-electron chi connectivity index (χ4n) is 2.84. The van der Waals surface area contributed by atoms with E-state index in [4.69, 9.17) is 5.73 Å². The predicted molar refractivity (Wildman–Crippen MR) is 88.1 cm³/mol. The molecule has 1 aliphatic carbocycles. The van der Waals surface area contributed by atoms with Crippen LogP contribution in [0.4, 0.5) is 11.4 Å². The zero-order chi connectivity index (χ0) is 17.6. The maximum absolute atomic E-state index is 12.8. The molecule has 0 unspecified atom stereocenters. The number of carbonyl (C=O) groups is 2. The molecule has 0 saturated carbocycles. The lowest BCUT2D eigenvalue weighted by atomic mass is 9.82. The molecule has 124 valence electrons. The molecular formula is C16H14N2O5S. The van der Waals surface area contributed by atoms with Gasteiger partial charge in [-0.05, 0) is 13.0 Å². The summed E-state index contributed by atoms with van der Waals surface area (Å²) in [6.45, 7) is 2.13. The zero-order valence-corrected chi connectivity index (χ0v) is 13.5. The maximum Gasteiger partial charge on any atom is 0.296 e. The number of fused-ring (bicyclic) bond motifs is 2. The number of benzene rings is 2. The molecule has 0 heterocycles. The number of hydrogen-bond donors (Lipinski definition) is 3. The Hall–Kier alpha value is -2.71. The van der Waals surface area contributed by atoms with Gasteiger partial charge in [-0.15, -0.1) is 0 Å². The van der Waals surface area contributed by atoms with Crippen LogP contribution in [0.1, 0.15) is 38.8 Å². The molecule has 0 saturated heterocycles. The SMILES string of the molecule is CCNc1cc(S(=O)(=O)O)c(N)c2c1C(=O)c1ccccc1C2=O. The number of nitrogens with one attached hydrogen (secondary N) is 1. The van der Waals surface area contributed by atoms with Crippen molar-refractivity contribution in [1.82, 2.24) is 0 Å². The molecule has 7 nitrogen and oxygen atoms in total. The molecular weight excluding hydrogens is 332 g/mol. The Morgan fingerprint density at radius 2 is 1.62 bits per heavy atom. The lowest BCUT2D eigenvalue weighted by Gasteiger charge is -2.23. The maximum atomic E-state index is 12.8. The van der Waals surface area contributed by atoms with E-state index in [1.54, 1.807) is 19.1 Å². The van der Waals surface area contributed by atoms with Crippen molar-refractivity contribution in [3.05, 3.63) is 52.6 Å². The predicted octanol–water partition coefficient (Wildman–Crippen LogP) is 1.72. The van der Waals surface area contributed by atoms with Crippen molar-refractivity contribution in [3.8, 4) is 0 Å². The van der Waals surface area contributed by atoms with Gasteiger partial charge in [0.25, 0.3) is 10.1 Å². The zero-order valence-electron chi connectivity index (χ0n) is 12.7. The van der Waals surface area contributed by atoms with Gasteiger partial charge in [0.1, 0.15) is 4.90 Å². The molecule has 0 radical (unpaired) electrons. The molecule has 4 N–H and O–H groups in total. The Balaban J connectivity index is 2.43.